The Bertz CT molecular complexity index is 698. The van der Waals surface area contributed by atoms with Crippen molar-refractivity contribution in [1.29, 1.82) is 0 Å². The van der Waals surface area contributed by atoms with Crippen molar-refractivity contribution in [3.8, 4) is 12.3 Å². The van der Waals surface area contributed by atoms with Crippen molar-refractivity contribution in [2.75, 3.05) is 0 Å². The zero-order chi connectivity index (χ0) is 14.5. The summed E-state index contributed by atoms with van der Waals surface area (Å²) in [4.78, 5) is 0. The molecule has 0 saturated heterocycles. The first kappa shape index (κ1) is 14.1. The van der Waals surface area contributed by atoms with Crippen molar-refractivity contribution < 1.29 is 0 Å². The van der Waals surface area contributed by atoms with Crippen LogP contribution in [0.25, 0.3) is 0 Å². The molecular weight excluding hydrogens is 449 g/mol. The van der Waals surface area contributed by atoms with Crippen molar-refractivity contribution in [2.45, 2.75) is 0 Å². The molecule has 0 N–H and O–H groups in total. The van der Waals surface area contributed by atoms with Gasteiger partial charge >= 0.3 is 134 Å². The quantitative estimate of drug-likeness (QED) is 0.412. The zero-order valence-electron chi connectivity index (χ0n) is 11.6. The Labute approximate surface area is 134 Å². The van der Waals surface area contributed by atoms with Crippen LogP contribution in [-0.2, 0) is 0 Å². The third-order valence-corrected chi connectivity index (χ3v) is 12.8. The number of terminal acetylenes is 1. The van der Waals surface area contributed by atoms with Gasteiger partial charge in [0.15, 0.2) is 0 Å². The van der Waals surface area contributed by atoms with Gasteiger partial charge in [0.05, 0.1) is 0 Å². The van der Waals surface area contributed by atoms with E-state index in [0.717, 1.165) is 5.56 Å². The second kappa shape index (κ2) is 6.70. The second-order valence-corrected chi connectivity index (χ2v) is 13.3. The first-order chi connectivity index (χ1) is 10.4. The molecule has 0 radical (unpaired) electrons. The van der Waals surface area contributed by atoms with Crippen LogP contribution in [0.4, 0.5) is 0 Å². The Balaban J connectivity index is 2.10. The second-order valence-electron chi connectivity index (χ2n) is 4.70. The van der Waals surface area contributed by atoms with Crippen molar-refractivity contribution in [2.24, 2.45) is 0 Å². The van der Waals surface area contributed by atoms with Crippen LogP contribution in [-0.4, -0.2) is 21.8 Å². The van der Waals surface area contributed by atoms with E-state index < -0.39 is 21.8 Å². The van der Waals surface area contributed by atoms with E-state index in [1.54, 1.807) is 0 Å². The van der Waals surface area contributed by atoms with E-state index in [1.807, 2.05) is 0 Å². The van der Waals surface area contributed by atoms with Gasteiger partial charge in [-0.2, -0.15) is 0 Å². The fraction of sp³-hybridized carbons (Fsp3) is 0. The summed E-state index contributed by atoms with van der Waals surface area (Å²) in [6, 6.07) is 30.3. The van der Waals surface area contributed by atoms with Gasteiger partial charge in [-0.15, -0.1) is 0 Å². The van der Waals surface area contributed by atoms with Gasteiger partial charge in [-0.05, 0) is 0 Å². The fourth-order valence-electron chi connectivity index (χ4n) is 2.31. The molecule has 0 heterocycles. The van der Waals surface area contributed by atoms with E-state index in [1.165, 1.54) is 9.81 Å². The molecular formula is C20H15Bi. The van der Waals surface area contributed by atoms with Crippen molar-refractivity contribution in [1.82, 2.24) is 0 Å². The molecule has 0 fully saturated rings. The summed E-state index contributed by atoms with van der Waals surface area (Å²) in [5, 5.41) is 0. The monoisotopic (exact) mass is 464 g/mol. The molecule has 0 spiro atoms. The van der Waals surface area contributed by atoms with Gasteiger partial charge in [0.2, 0.25) is 0 Å². The minimum absolute atomic E-state index is 0.948. The van der Waals surface area contributed by atoms with Gasteiger partial charge in [-0.1, -0.05) is 0 Å². The first-order valence-corrected chi connectivity index (χ1v) is 12.1. The molecule has 0 unspecified atom stereocenters. The normalized spacial score (nSPS) is 10.3. The molecule has 3 aromatic carbocycles. The predicted octanol–water partition coefficient (Wildman–Crippen LogP) is 2.18. The first-order valence-electron chi connectivity index (χ1n) is 6.85. The molecule has 0 saturated carbocycles. The number of rotatable bonds is 3. The summed E-state index contributed by atoms with van der Waals surface area (Å²) < 4.78 is 4.45. The van der Waals surface area contributed by atoms with Crippen LogP contribution in [0.2, 0.25) is 0 Å². The van der Waals surface area contributed by atoms with Crippen molar-refractivity contribution in [3.63, 3.8) is 0 Å². The third-order valence-electron chi connectivity index (χ3n) is 3.32. The van der Waals surface area contributed by atoms with Crippen LogP contribution < -0.4 is 9.81 Å². The fourth-order valence-corrected chi connectivity index (χ4v) is 11.2. The molecule has 0 aromatic heterocycles. The SMILES string of the molecule is C#Cc1cc[c]([Bi]([c]2ccccc2)[c]2ccccc2)cc1. The van der Waals surface area contributed by atoms with Crippen LogP contribution in [0.1, 0.15) is 5.56 Å². The summed E-state index contributed by atoms with van der Waals surface area (Å²) in [6.07, 6.45) is 5.46. The predicted molar refractivity (Wildman–Crippen MR) is 91.9 cm³/mol. The summed E-state index contributed by atoms with van der Waals surface area (Å²) in [5.41, 5.74) is 0.948. The molecule has 100 valence electrons. The molecule has 0 amide bonds. The van der Waals surface area contributed by atoms with E-state index in [0.29, 0.717) is 0 Å². The number of benzene rings is 3. The molecule has 3 rings (SSSR count). The summed E-state index contributed by atoms with van der Waals surface area (Å²) >= 11 is -2.18. The molecule has 0 nitrogen and oxygen atoms in total. The van der Waals surface area contributed by atoms with Crippen molar-refractivity contribution >= 4 is 31.6 Å². The van der Waals surface area contributed by atoms with E-state index in [-0.39, 0.29) is 0 Å². The Hall–Kier alpha value is -1.90. The molecule has 0 aliphatic rings. The molecule has 21 heavy (non-hydrogen) atoms. The van der Waals surface area contributed by atoms with Gasteiger partial charge in [0.25, 0.3) is 0 Å². The van der Waals surface area contributed by atoms with Gasteiger partial charge in [0, 0.05) is 0 Å². The Morgan fingerprint density at radius 1 is 0.571 bits per heavy atom. The Morgan fingerprint density at radius 2 is 1.00 bits per heavy atom. The van der Waals surface area contributed by atoms with Gasteiger partial charge in [-0.3, -0.25) is 0 Å². The molecule has 3 aromatic rings. The van der Waals surface area contributed by atoms with E-state index >= 15 is 0 Å². The van der Waals surface area contributed by atoms with Crippen molar-refractivity contribution in [3.05, 3.63) is 90.5 Å². The van der Waals surface area contributed by atoms with E-state index in [4.69, 9.17) is 6.42 Å². The Morgan fingerprint density at radius 3 is 1.43 bits per heavy atom. The standard InChI is InChI=1S/C8H5.2C6H5.Bi/c1-2-8-6-4-3-5-7-8;2*1-2-4-6-5-3-1;/h1,4-7H;2*1-5H;. The van der Waals surface area contributed by atoms with Crippen LogP contribution in [0.15, 0.2) is 84.9 Å². The summed E-state index contributed by atoms with van der Waals surface area (Å²) in [6.45, 7) is 0. The average molecular weight is 464 g/mol. The summed E-state index contributed by atoms with van der Waals surface area (Å²) in [5.74, 6) is 2.70. The van der Waals surface area contributed by atoms with Gasteiger partial charge in [0.1, 0.15) is 0 Å². The zero-order valence-corrected chi connectivity index (χ0v) is 15.1. The van der Waals surface area contributed by atoms with Crippen LogP contribution in [0.5, 0.6) is 0 Å². The van der Waals surface area contributed by atoms with Gasteiger partial charge in [-0.25, -0.2) is 0 Å². The van der Waals surface area contributed by atoms with Crippen LogP contribution >= 0.6 is 0 Å². The average Bonchev–Trinajstić information content (AvgIpc) is 2.58. The van der Waals surface area contributed by atoms with Crippen LogP contribution in [0, 0.1) is 12.3 Å². The summed E-state index contributed by atoms with van der Waals surface area (Å²) in [7, 11) is 0. The Kier molecular flexibility index (Phi) is 4.49. The topological polar surface area (TPSA) is 0 Å². The van der Waals surface area contributed by atoms with E-state index in [2.05, 4.69) is 90.8 Å². The number of hydrogen-bond acceptors (Lipinski definition) is 0. The molecule has 0 aliphatic carbocycles. The molecule has 0 atom stereocenters. The maximum atomic E-state index is 5.46. The molecule has 1 heteroatoms. The minimum atomic E-state index is -2.18. The molecule has 0 bridgehead atoms. The number of hydrogen-bond donors (Lipinski definition) is 0. The molecule has 0 aliphatic heterocycles. The maximum absolute atomic E-state index is 5.46. The van der Waals surface area contributed by atoms with Crippen LogP contribution in [0.3, 0.4) is 0 Å². The van der Waals surface area contributed by atoms with Gasteiger partial charge < -0.3 is 0 Å². The van der Waals surface area contributed by atoms with E-state index in [9.17, 15) is 0 Å². The third kappa shape index (κ3) is 3.23.